The first-order chi connectivity index (χ1) is 8.16. The maximum atomic E-state index is 5.85. The number of benzene rings is 1. The van der Waals surface area contributed by atoms with E-state index in [2.05, 4.69) is 4.98 Å². The minimum atomic E-state index is -0.119. The summed E-state index contributed by atoms with van der Waals surface area (Å²) >= 11 is 5.81. The minimum Gasteiger partial charge on any atom is -0.439 e. The van der Waals surface area contributed by atoms with E-state index >= 15 is 0 Å². The molecule has 17 heavy (non-hydrogen) atoms. The highest BCUT2D eigenvalue weighted by molar-refractivity contribution is 6.30. The Kier molecular flexibility index (Phi) is 3.61. The standard InChI is InChI=1S/C13H13ClN2O/c1-9(15)12-3-2-8-16-13(12)17-11-6-4-10(14)5-7-11/h2-9H,15H2,1H3/t9-/m1/s1. The molecule has 0 amide bonds. The summed E-state index contributed by atoms with van der Waals surface area (Å²) in [5, 5.41) is 0.672. The summed E-state index contributed by atoms with van der Waals surface area (Å²) in [5.74, 6) is 1.22. The fraction of sp³-hybridized carbons (Fsp3) is 0.154. The number of hydrogen-bond acceptors (Lipinski definition) is 3. The Hall–Kier alpha value is -1.58. The molecular weight excluding hydrogens is 236 g/mol. The largest absolute Gasteiger partial charge is 0.439 e. The maximum Gasteiger partial charge on any atom is 0.223 e. The SMILES string of the molecule is C[C@@H](N)c1cccnc1Oc1ccc(Cl)cc1. The molecule has 2 aromatic rings. The third kappa shape index (κ3) is 2.96. The van der Waals surface area contributed by atoms with Crippen LogP contribution in [-0.2, 0) is 0 Å². The predicted molar refractivity (Wildman–Crippen MR) is 68.4 cm³/mol. The van der Waals surface area contributed by atoms with Crippen LogP contribution in [0.1, 0.15) is 18.5 Å². The van der Waals surface area contributed by atoms with Gasteiger partial charge >= 0.3 is 0 Å². The third-order valence-corrected chi connectivity index (χ3v) is 2.57. The number of pyridine rings is 1. The van der Waals surface area contributed by atoms with Crippen LogP contribution in [0.2, 0.25) is 5.02 Å². The van der Waals surface area contributed by atoms with Crippen LogP contribution in [0.5, 0.6) is 11.6 Å². The molecule has 0 fully saturated rings. The highest BCUT2D eigenvalue weighted by atomic mass is 35.5. The Labute approximate surface area is 105 Å². The molecule has 1 aromatic heterocycles. The van der Waals surface area contributed by atoms with E-state index in [1.165, 1.54) is 0 Å². The fourth-order valence-electron chi connectivity index (χ4n) is 1.45. The summed E-state index contributed by atoms with van der Waals surface area (Å²) in [6.45, 7) is 1.89. The molecule has 0 bridgehead atoms. The zero-order chi connectivity index (χ0) is 12.3. The van der Waals surface area contributed by atoms with Crippen LogP contribution in [0, 0.1) is 0 Å². The van der Waals surface area contributed by atoms with Gasteiger partial charge in [0.2, 0.25) is 5.88 Å². The van der Waals surface area contributed by atoms with E-state index in [0.717, 1.165) is 5.56 Å². The molecule has 0 unspecified atom stereocenters. The summed E-state index contributed by atoms with van der Waals surface area (Å²) in [5.41, 5.74) is 6.73. The lowest BCUT2D eigenvalue weighted by atomic mass is 10.1. The van der Waals surface area contributed by atoms with Gasteiger partial charge in [-0.25, -0.2) is 4.98 Å². The van der Waals surface area contributed by atoms with Crippen molar-refractivity contribution >= 4 is 11.6 Å². The van der Waals surface area contributed by atoms with Crippen LogP contribution in [0.25, 0.3) is 0 Å². The average Bonchev–Trinajstić information content (AvgIpc) is 2.32. The Bertz CT molecular complexity index is 497. The van der Waals surface area contributed by atoms with E-state index in [1.54, 1.807) is 30.5 Å². The summed E-state index contributed by atoms with van der Waals surface area (Å²) < 4.78 is 5.68. The summed E-state index contributed by atoms with van der Waals surface area (Å²) in [6.07, 6.45) is 1.68. The third-order valence-electron chi connectivity index (χ3n) is 2.32. The molecule has 2 rings (SSSR count). The average molecular weight is 249 g/mol. The molecule has 3 nitrogen and oxygen atoms in total. The summed E-state index contributed by atoms with van der Waals surface area (Å²) in [4.78, 5) is 4.18. The van der Waals surface area contributed by atoms with E-state index < -0.39 is 0 Å². The Morgan fingerprint density at radius 1 is 1.24 bits per heavy atom. The van der Waals surface area contributed by atoms with Crippen molar-refractivity contribution in [1.29, 1.82) is 0 Å². The van der Waals surface area contributed by atoms with Crippen LogP contribution in [0.4, 0.5) is 0 Å². The van der Waals surface area contributed by atoms with E-state index in [1.807, 2.05) is 19.1 Å². The molecule has 4 heteroatoms. The van der Waals surface area contributed by atoms with Gasteiger partial charge in [-0.2, -0.15) is 0 Å². The van der Waals surface area contributed by atoms with E-state index in [-0.39, 0.29) is 6.04 Å². The second-order valence-electron chi connectivity index (χ2n) is 3.74. The zero-order valence-corrected chi connectivity index (χ0v) is 10.2. The van der Waals surface area contributed by atoms with Gasteiger partial charge in [-0.1, -0.05) is 17.7 Å². The lowest BCUT2D eigenvalue weighted by molar-refractivity contribution is 0.452. The highest BCUT2D eigenvalue weighted by Crippen LogP contribution is 2.26. The first-order valence-corrected chi connectivity index (χ1v) is 5.68. The first-order valence-electron chi connectivity index (χ1n) is 5.31. The molecule has 88 valence electrons. The minimum absolute atomic E-state index is 0.119. The van der Waals surface area contributed by atoms with Crippen molar-refractivity contribution in [2.75, 3.05) is 0 Å². The molecule has 0 saturated carbocycles. The van der Waals surface area contributed by atoms with Gasteiger partial charge in [-0.05, 0) is 37.3 Å². The molecule has 1 heterocycles. The molecule has 0 radical (unpaired) electrons. The van der Waals surface area contributed by atoms with Crippen LogP contribution >= 0.6 is 11.6 Å². The van der Waals surface area contributed by atoms with Crippen molar-refractivity contribution in [3.63, 3.8) is 0 Å². The molecule has 2 N–H and O–H groups in total. The van der Waals surface area contributed by atoms with Gasteiger partial charge in [0, 0.05) is 22.8 Å². The van der Waals surface area contributed by atoms with Gasteiger partial charge in [0.05, 0.1) is 0 Å². The number of hydrogen-bond donors (Lipinski definition) is 1. The van der Waals surface area contributed by atoms with Gasteiger partial charge in [-0.3, -0.25) is 0 Å². The topological polar surface area (TPSA) is 48.1 Å². The van der Waals surface area contributed by atoms with Crippen LogP contribution in [-0.4, -0.2) is 4.98 Å². The van der Waals surface area contributed by atoms with Gasteiger partial charge in [0.1, 0.15) is 5.75 Å². The van der Waals surface area contributed by atoms with Crippen molar-refractivity contribution in [3.8, 4) is 11.6 Å². The lowest BCUT2D eigenvalue weighted by Crippen LogP contribution is -2.07. The Balaban J connectivity index is 2.26. The van der Waals surface area contributed by atoms with Gasteiger partial charge in [-0.15, -0.1) is 0 Å². The summed E-state index contributed by atoms with van der Waals surface area (Å²) in [7, 11) is 0. The molecule has 0 aliphatic carbocycles. The van der Waals surface area contributed by atoms with Crippen LogP contribution in [0.3, 0.4) is 0 Å². The molecule has 1 aromatic carbocycles. The number of nitrogens with zero attached hydrogens (tertiary/aromatic N) is 1. The molecule has 0 saturated heterocycles. The number of aromatic nitrogens is 1. The van der Waals surface area contributed by atoms with Crippen LogP contribution < -0.4 is 10.5 Å². The van der Waals surface area contributed by atoms with Crippen molar-refractivity contribution in [2.24, 2.45) is 5.73 Å². The molecule has 0 aliphatic rings. The smallest absolute Gasteiger partial charge is 0.223 e. The molecule has 0 spiro atoms. The Morgan fingerprint density at radius 2 is 1.94 bits per heavy atom. The van der Waals surface area contributed by atoms with E-state index in [4.69, 9.17) is 22.1 Å². The van der Waals surface area contributed by atoms with Crippen molar-refractivity contribution < 1.29 is 4.74 Å². The second kappa shape index (κ2) is 5.17. The Morgan fingerprint density at radius 3 is 2.59 bits per heavy atom. The van der Waals surface area contributed by atoms with E-state index in [0.29, 0.717) is 16.7 Å². The van der Waals surface area contributed by atoms with Crippen LogP contribution in [0.15, 0.2) is 42.6 Å². The van der Waals surface area contributed by atoms with Gasteiger partial charge in [0.25, 0.3) is 0 Å². The van der Waals surface area contributed by atoms with Crippen molar-refractivity contribution in [1.82, 2.24) is 4.98 Å². The number of nitrogens with two attached hydrogens (primary N) is 1. The quantitative estimate of drug-likeness (QED) is 0.904. The predicted octanol–water partition coefficient (Wildman–Crippen LogP) is 3.55. The fourth-order valence-corrected chi connectivity index (χ4v) is 1.58. The molecule has 1 atom stereocenters. The highest BCUT2D eigenvalue weighted by Gasteiger charge is 2.09. The number of halogens is 1. The maximum absolute atomic E-state index is 5.85. The van der Waals surface area contributed by atoms with Gasteiger partial charge < -0.3 is 10.5 Å². The second-order valence-corrected chi connectivity index (χ2v) is 4.18. The monoisotopic (exact) mass is 248 g/mol. The molecule has 0 aliphatic heterocycles. The van der Waals surface area contributed by atoms with Gasteiger partial charge in [0.15, 0.2) is 0 Å². The molecular formula is C13H13ClN2O. The normalized spacial score (nSPS) is 12.2. The van der Waals surface area contributed by atoms with E-state index in [9.17, 15) is 0 Å². The number of rotatable bonds is 3. The lowest BCUT2D eigenvalue weighted by Gasteiger charge is -2.11. The number of ether oxygens (including phenoxy) is 1. The zero-order valence-electron chi connectivity index (χ0n) is 9.43. The first kappa shape index (κ1) is 11.9. The van der Waals surface area contributed by atoms with Crippen molar-refractivity contribution in [2.45, 2.75) is 13.0 Å². The van der Waals surface area contributed by atoms with Crippen molar-refractivity contribution in [3.05, 3.63) is 53.2 Å². The summed E-state index contributed by atoms with van der Waals surface area (Å²) in [6, 6.07) is 10.8.